The van der Waals surface area contributed by atoms with Crippen molar-refractivity contribution in [3.63, 3.8) is 0 Å². The minimum atomic E-state index is 0. The van der Waals surface area contributed by atoms with Gasteiger partial charge in [0, 0.05) is 39.1 Å². The van der Waals surface area contributed by atoms with Gasteiger partial charge in [-0.15, -0.1) is 24.0 Å². The van der Waals surface area contributed by atoms with Crippen molar-refractivity contribution in [3.8, 4) is 0 Å². The second kappa shape index (κ2) is 9.91. The van der Waals surface area contributed by atoms with E-state index in [1.807, 2.05) is 12.3 Å². The summed E-state index contributed by atoms with van der Waals surface area (Å²) in [6.07, 6.45) is 3.96. The lowest BCUT2D eigenvalue weighted by molar-refractivity contribution is -0.127. The molecule has 0 spiro atoms. The quantitative estimate of drug-likeness (QED) is 0.402. The van der Waals surface area contributed by atoms with Crippen LogP contribution in [0.3, 0.4) is 0 Å². The molecule has 1 aromatic carbocycles. The molecule has 2 aromatic rings. The molecule has 0 saturated carbocycles. The summed E-state index contributed by atoms with van der Waals surface area (Å²) in [5.41, 5.74) is 1.17. The molecule has 148 valence electrons. The molecule has 1 aromatic heterocycles. The normalized spacial score (nSPS) is 17.1. The van der Waals surface area contributed by atoms with Gasteiger partial charge in [0.05, 0.1) is 17.8 Å². The standard InChI is InChI=1S/C19H28N6O.HI/c1-4-10-20-19(21-13-18(26)23(2)3)24-11-9-16(14-24)25-17-8-6-5-7-15(17)12-22-25;/h5-8,12,16H,4,9-11,13-14H2,1-3H3,(H,20,21);1H. The summed E-state index contributed by atoms with van der Waals surface area (Å²) in [6, 6.07) is 8.61. The molecular weight excluding hydrogens is 455 g/mol. The molecule has 3 rings (SSSR count). The molecule has 27 heavy (non-hydrogen) atoms. The number of carbonyl (C=O) groups excluding carboxylic acids is 1. The van der Waals surface area contributed by atoms with Crippen molar-refractivity contribution in [2.45, 2.75) is 25.8 Å². The molecule has 1 fully saturated rings. The van der Waals surface area contributed by atoms with E-state index in [2.05, 4.69) is 50.1 Å². The van der Waals surface area contributed by atoms with Gasteiger partial charge in [-0.1, -0.05) is 25.1 Å². The Morgan fingerprint density at radius 3 is 2.89 bits per heavy atom. The zero-order valence-electron chi connectivity index (χ0n) is 16.3. The number of halogens is 1. The van der Waals surface area contributed by atoms with E-state index in [-0.39, 0.29) is 36.4 Å². The third-order valence-electron chi connectivity index (χ3n) is 4.71. The number of hydrogen-bond donors (Lipinski definition) is 1. The summed E-state index contributed by atoms with van der Waals surface area (Å²) in [5.74, 6) is 0.829. The van der Waals surface area contributed by atoms with Gasteiger partial charge in [-0.25, -0.2) is 4.99 Å². The van der Waals surface area contributed by atoms with E-state index in [0.717, 1.165) is 38.4 Å². The van der Waals surface area contributed by atoms with E-state index in [4.69, 9.17) is 0 Å². The second-order valence-electron chi connectivity index (χ2n) is 6.89. The number of fused-ring (bicyclic) bond motifs is 1. The first kappa shape index (κ1) is 21.5. The van der Waals surface area contributed by atoms with Gasteiger partial charge >= 0.3 is 0 Å². The van der Waals surface area contributed by atoms with E-state index < -0.39 is 0 Å². The lowest BCUT2D eigenvalue weighted by Crippen LogP contribution is -2.41. The van der Waals surface area contributed by atoms with Crippen molar-refractivity contribution in [1.29, 1.82) is 0 Å². The van der Waals surface area contributed by atoms with Crippen LogP contribution >= 0.6 is 24.0 Å². The SMILES string of the molecule is CCCNC(=NCC(=O)N(C)C)N1CCC(n2ncc3ccccc32)C1.I. The molecule has 1 amide bonds. The number of carbonyl (C=O) groups is 1. The van der Waals surface area contributed by atoms with Gasteiger partial charge < -0.3 is 15.1 Å². The Hall–Kier alpha value is -1.84. The fourth-order valence-electron chi connectivity index (χ4n) is 3.21. The Kier molecular flexibility index (Phi) is 7.88. The average molecular weight is 484 g/mol. The van der Waals surface area contributed by atoms with Crippen LogP contribution in [-0.4, -0.2) is 71.7 Å². The lowest BCUT2D eigenvalue weighted by Gasteiger charge is -2.22. The number of nitrogens with one attached hydrogen (secondary N) is 1. The Morgan fingerprint density at radius 1 is 1.37 bits per heavy atom. The second-order valence-corrected chi connectivity index (χ2v) is 6.89. The molecule has 0 aliphatic carbocycles. The van der Waals surface area contributed by atoms with Gasteiger partial charge in [0.25, 0.3) is 0 Å². The Bertz CT molecular complexity index is 787. The van der Waals surface area contributed by atoms with Crippen LogP contribution in [0.2, 0.25) is 0 Å². The largest absolute Gasteiger partial charge is 0.356 e. The number of hydrogen-bond acceptors (Lipinski definition) is 3. The Morgan fingerprint density at radius 2 is 2.15 bits per heavy atom. The molecular formula is C19H29IN6O. The van der Waals surface area contributed by atoms with Gasteiger partial charge in [-0.05, 0) is 18.9 Å². The predicted molar refractivity (Wildman–Crippen MR) is 120 cm³/mol. The minimum Gasteiger partial charge on any atom is -0.356 e. The number of para-hydroxylation sites is 1. The van der Waals surface area contributed by atoms with E-state index in [9.17, 15) is 4.79 Å². The molecule has 7 nitrogen and oxygen atoms in total. The van der Waals surface area contributed by atoms with Gasteiger partial charge in [0.1, 0.15) is 6.54 Å². The van der Waals surface area contributed by atoms with Gasteiger partial charge in [-0.3, -0.25) is 9.48 Å². The van der Waals surface area contributed by atoms with Crippen molar-refractivity contribution in [2.24, 2.45) is 4.99 Å². The van der Waals surface area contributed by atoms with E-state index >= 15 is 0 Å². The maximum Gasteiger partial charge on any atom is 0.243 e. The maximum absolute atomic E-state index is 11.9. The Labute approximate surface area is 177 Å². The summed E-state index contributed by atoms with van der Waals surface area (Å²) < 4.78 is 2.12. The highest BCUT2D eigenvalue weighted by Gasteiger charge is 2.27. The first-order valence-electron chi connectivity index (χ1n) is 9.25. The van der Waals surface area contributed by atoms with Crippen LogP contribution in [0.4, 0.5) is 0 Å². The van der Waals surface area contributed by atoms with Crippen LogP contribution < -0.4 is 5.32 Å². The van der Waals surface area contributed by atoms with E-state index in [1.165, 1.54) is 10.9 Å². The van der Waals surface area contributed by atoms with E-state index in [1.54, 1.807) is 19.0 Å². The molecule has 0 bridgehead atoms. The highest BCUT2D eigenvalue weighted by molar-refractivity contribution is 14.0. The van der Waals surface area contributed by atoms with E-state index in [0.29, 0.717) is 6.04 Å². The first-order chi connectivity index (χ1) is 12.6. The summed E-state index contributed by atoms with van der Waals surface area (Å²) in [5, 5.41) is 9.15. The molecule has 1 N–H and O–H groups in total. The topological polar surface area (TPSA) is 65.8 Å². The number of aromatic nitrogens is 2. The van der Waals surface area contributed by atoms with Crippen LogP contribution in [0.1, 0.15) is 25.8 Å². The molecule has 1 unspecified atom stereocenters. The molecule has 1 saturated heterocycles. The number of benzene rings is 1. The third-order valence-corrected chi connectivity index (χ3v) is 4.71. The monoisotopic (exact) mass is 484 g/mol. The number of rotatable bonds is 5. The van der Waals surface area contributed by atoms with Crippen molar-refractivity contribution >= 4 is 46.7 Å². The van der Waals surface area contributed by atoms with Crippen LogP contribution in [0, 0.1) is 0 Å². The highest BCUT2D eigenvalue weighted by Crippen LogP contribution is 2.25. The fraction of sp³-hybridized carbons (Fsp3) is 0.526. The number of likely N-dealkylation sites (tertiary alicyclic amines) is 1. The third kappa shape index (κ3) is 5.12. The van der Waals surface area contributed by atoms with Crippen molar-refractivity contribution < 1.29 is 4.79 Å². The van der Waals surface area contributed by atoms with Gasteiger partial charge in [0.15, 0.2) is 5.96 Å². The fourth-order valence-corrected chi connectivity index (χ4v) is 3.21. The average Bonchev–Trinajstić information content (AvgIpc) is 3.28. The van der Waals surface area contributed by atoms with Gasteiger partial charge in [0.2, 0.25) is 5.91 Å². The van der Waals surface area contributed by atoms with Crippen LogP contribution in [-0.2, 0) is 4.79 Å². The number of aliphatic imine (C=N–C) groups is 1. The predicted octanol–water partition coefficient (Wildman–Crippen LogP) is 2.34. The number of likely N-dealkylation sites (N-methyl/N-ethyl adjacent to an activating group) is 1. The smallest absolute Gasteiger partial charge is 0.243 e. The maximum atomic E-state index is 11.9. The van der Waals surface area contributed by atoms with Crippen molar-refractivity contribution in [2.75, 3.05) is 40.3 Å². The molecule has 8 heteroatoms. The van der Waals surface area contributed by atoms with Crippen molar-refractivity contribution in [3.05, 3.63) is 30.5 Å². The first-order valence-corrected chi connectivity index (χ1v) is 9.25. The number of guanidine groups is 1. The molecule has 1 atom stereocenters. The van der Waals surface area contributed by atoms with Crippen LogP contribution in [0.25, 0.3) is 10.9 Å². The molecule has 0 radical (unpaired) electrons. The summed E-state index contributed by atoms with van der Waals surface area (Å²) in [7, 11) is 3.51. The minimum absolute atomic E-state index is 0. The number of nitrogens with zero attached hydrogens (tertiary/aromatic N) is 5. The van der Waals surface area contributed by atoms with Crippen LogP contribution in [0.15, 0.2) is 35.5 Å². The highest BCUT2D eigenvalue weighted by atomic mass is 127. The number of amides is 1. The lowest BCUT2D eigenvalue weighted by atomic mass is 10.2. The Balaban J connectivity index is 0.00000261. The summed E-state index contributed by atoms with van der Waals surface area (Å²) >= 11 is 0. The molecule has 1 aliphatic rings. The van der Waals surface area contributed by atoms with Crippen molar-refractivity contribution in [1.82, 2.24) is 24.9 Å². The molecule has 1 aliphatic heterocycles. The van der Waals surface area contributed by atoms with Crippen LogP contribution in [0.5, 0.6) is 0 Å². The summed E-state index contributed by atoms with van der Waals surface area (Å²) in [6.45, 7) is 4.89. The van der Waals surface area contributed by atoms with Gasteiger partial charge in [-0.2, -0.15) is 5.10 Å². The zero-order chi connectivity index (χ0) is 18.5. The zero-order valence-corrected chi connectivity index (χ0v) is 18.6. The molecule has 2 heterocycles. The summed E-state index contributed by atoms with van der Waals surface area (Å²) in [4.78, 5) is 20.3.